The number of thiophene rings is 1. The van der Waals surface area contributed by atoms with Crippen molar-refractivity contribution in [2.24, 2.45) is 0 Å². The number of carbonyl (C=O) groups is 3. The van der Waals surface area contributed by atoms with Gasteiger partial charge in [-0.25, -0.2) is 0 Å². The minimum Gasteiger partial charge on any atom is -0.373 e. The Morgan fingerprint density at radius 3 is 2.88 bits per heavy atom. The number of nitrogens with zero attached hydrogens (tertiary/aromatic N) is 1. The molecule has 2 rings (SSSR count). The summed E-state index contributed by atoms with van der Waals surface area (Å²) in [6.07, 6.45) is 5.47. The Labute approximate surface area is 152 Å². The number of aldehydes is 1. The van der Waals surface area contributed by atoms with Gasteiger partial charge < -0.3 is 19.7 Å². The van der Waals surface area contributed by atoms with Crippen LogP contribution in [0.3, 0.4) is 0 Å². The molecule has 2 atom stereocenters. The van der Waals surface area contributed by atoms with E-state index in [0.717, 1.165) is 36.2 Å². The molecule has 1 N–H and O–H groups in total. The van der Waals surface area contributed by atoms with Crippen molar-refractivity contribution < 1.29 is 19.1 Å². The molecule has 1 aromatic heterocycles. The number of ether oxygens (including phenoxy) is 1. The summed E-state index contributed by atoms with van der Waals surface area (Å²) in [5, 5.41) is 2.57. The lowest BCUT2D eigenvalue weighted by Crippen LogP contribution is -2.45. The van der Waals surface area contributed by atoms with Crippen LogP contribution in [0, 0.1) is 6.92 Å². The maximum atomic E-state index is 12.1. The zero-order chi connectivity index (χ0) is 18.2. The van der Waals surface area contributed by atoms with Gasteiger partial charge in [0, 0.05) is 36.4 Å². The van der Waals surface area contributed by atoms with Gasteiger partial charge in [0.15, 0.2) is 0 Å². The molecule has 2 heterocycles. The summed E-state index contributed by atoms with van der Waals surface area (Å²) in [6, 6.07) is 1.45. The number of hydrogen-bond donors (Lipinski definition) is 1. The molecule has 2 unspecified atom stereocenters. The molecular weight excluding hydrogens is 340 g/mol. The molecule has 6 nitrogen and oxygen atoms in total. The molecule has 0 saturated carbocycles. The number of nitrogens with one attached hydrogen (secondary N) is 1. The summed E-state index contributed by atoms with van der Waals surface area (Å²) in [5.41, 5.74) is 1.03. The van der Waals surface area contributed by atoms with E-state index >= 15 is 0 Å². The molecule has 0 aromatic carbocycles. The summed E-state index contributed by atoms with van der Waals surface area (Å²) in [7, 11) is 1.54. The average molecular weight is 366 g/mol. The molecule has 1 saturated heterocycles. The second kappa shape index (κ2) is 9.68. The van der Waals surface area contributed by atoms with Crippen LogP contribution in [0.1, 0.15) is 53.5 Å². The minimum absolute atomic E-state index is 0.140. The third-order valence-corrected chi connectivity index (χ3v) is 5.72. The van der Waals surface area contributed by atoms with E-state index in [9.17, 15) is 14.4 Å². The fraction of sp³-hybridized carbons (Fsp3) is 0.611. The van der Waals surface area contributed by atoms with E-state index in [0.29, 0.717) is 19.4 Å². The summed E-state index contributed by atoms with van der Waals surface area (Å²) in [5.74, 6) is -0.252. The van der Waals surface area contributed by atoms with Crippen LogP contribution in [0.15, 0.2) is 6.07 Å². The van der Waals surface area contributed by atoms with E-state index in [1.54, 1.807) is 11.3 Å². The highest BCUT2D eigenvalue weighted by Gasteiger charge is 2.26. The second-order valence-electron chi connectivity index (χ2n) is 6.24. The van der Waals surface area contributed by atoms with Gasteiger partial charge in [0.2, 0.25) is 12.3 Å². The first-order chi connectivity index (χ1) is 12.1. The molecule has 0 spiro atoms. The Hall–Kier alpha value is -1.73. The molecule has 0 aliphatic carbocycles. The third kappa shape index (κ3) is 5.12. The summed E-state index contributed by atoms with van der Waals surface area (Å²) in [4.78, 5) is 38.1. The predicted octanol–water partition coefficient (Wildman–Crippen LogP) is 2.35. The van der Waals surface area contributed by atoms with Crippen LogP contribution in [0.2, 0.25) is 0 Å². The van der Waals surface area contributed by atoms with Crippen LogP contribution in [-0.4, -0.2) is 43.2 Å². The minimum atomic E-state index is -0.638. The highest BCUT2D eigenvalue weighted by Crippen LogP contribution is 2.35. The van der Waals surface area contributed by atoms with Crippen molar-refractivity contribution >= 4 is 29.9 Å². The standard InChI is InChI=1S/C18H26N2O4S/c1-13-14(10-17(25-13)16-7-3-4-9-24-16)11-20(12-22)15(6-5-8-21)18(23)19-2/h8,10,12,15-16H,3-7,9,11H2,1-2H3,(H,19,23). The van der Waals surface area contributed by atoms with Crippen LogP contribution in [0.4, 0.5) is 0 Å². The number of hydrogen-bond acceptors (Lipinski definition) is 5. The van der Waals surface area contributed by atoms with E-state index in [1.165, 1.54) is 23.2 Å². The van der Waals surface area contributed by atoms with E-state index in [-0.39, 0.29) is 18.4 Å². The first-order valence-corrected chi connectivity index (χ1v) is 9.49. The Morgan fingerprint density at radius 2 is 2.28 bits per heavy atom. The Morgan fingerprint density at radius 1 is 1.48 bits per heavy atom. The zero-order valence-corrected chi connectivity index (χ0v) is 15.6. The van der Waals surface area contributed by atoms with E-state index < -0.39 is 6.04 Å². The Balaban J connectivity index is 2.13. The fourth-order valence-corrected chi connectivity index (χ4v) is 4.21. The van der Waals surface area contributed by atoms with Crippen molar-refractivity contribution in [3.8, 4) is 0 Å². The summed E-state index contributed by atoms with van der Waals surface area (Å²) >= 11 is 1.69. The van der Waals surface area contributed by atoms with Gasteiger partial charge in [-0.1, -0.05) is 0 Å². The molecule has 25 heavy (non-hydrogen) atoms. The lowest BCUT2D eigenvalue weighted by molar-refractivity contribution is -0.133. The van der Waals surface area contributed by atoms with Crippen LogP contribution in [-0.2, 0) is 25.7 Å². The SMILES string of the molecule is CNC(=O)C(CCC=O)N(C=O)Cc1cc(C2CCCCO2)sc1C. The molecule has 1 aromatic rings. The molecule has 138 valence electrons. The lowest BCUT2D eigenvalue weighted by Gasteiger charge is -2.26. The maximum Gasteiger partial charge on any atom is 0.242 e. The van der Waals surface area contributed by atoms with Crippen molar-refractivity contribution in [1.82, 2.24) is 10.2 Å². The highest BCUT2D eigenvalue weighted by atomic mass is 32.1. The van der Waals surface area contributed by atoms with Crippen LogP contribution in [0.25, 0.3) is 0 Å². The fourth-order valence-electron chi connectivity index (χ4n) is 3.08. The smallest absolute Gasteiger partial charge is 0.242 e. The number of aryl methyl sites for hydroxylation is 1. The number of rotatable bonds is 9. The molecule has 1 fully saturated rings. The number of carbonyl (C=O) groups excluding carboxylic acids is 3. The summed E-state index contributed by atoms with van der Waals surface area (Å²) < 4.78 is 5.84. The van der Waals surface area contributed by atoms with Crippen molar-refractivity contribution in [3.05, 3.63) is 21.4 Å². The van der Waals surface area contributed by atoms with Gasteiger partial charge in [-0.2, -0.15) is 0 Å². The normalized spacial score (nSPS) is 18.4. The average Bonchev–Trinajstić information content (AvgIpc) is 3.01. The molecule has 1 aliphatic heterocycles. The van der Waals surface area contributed by atoms with Crippen LogP contribution >= 0.6 is 11.3 Å². The van der Waals surface area contributed by atoms with Crippen LogP contribution in [0.5, 0.6) is 0 Å². The van der Waals surface area contributed by atoms with Crippen molar-refractivity contribution in [2.45, 2.75) is 57.7 Å². The Bertz CT molecular complexity index is 596. The summed E-state index contributed by atoms with van der Waals surface area (Å²) in [6.45, 7) is 3.17. The van der Waals surface area contributed by atoms with Gasteiger partial charge >= 0.3 is 0 Å². The molecule has 2 amide bonds. The predicted molar refractivity (Wildman–Crippen MR) is 96.4 cm³/mol. The lowest BCUT2D eigenvalue weighted by atomic mass is 10.1. The highest BCUT2D eigenvalue weighted by molar-refractivity contribution is 7.12. The van der Waals surface area contributed by atoms with E-state index in [4.69, 9.17) is 4.74 Å². The van der Waals surface area contributed by atoms with Gasteiger partial charge in [-0.15, -0.1) is 11.3 Å². The van der Waals surface area contributed by atoms with Crippen LogP contribution < -0.4 is 5.32 Å². The number of amides is 2. The van der Waals surface area contributed by atoms with Gasteiger partial charge in [0.05, 0.1) is 6.10 Å². The monoisotopic (exact) mass is 366 g/mol. The number of likely N-dealkylation sites (N-methyl/N-ethyl adjacent to an activating group) is 1. The van der Waals surface area contributed by atoms with Crippen molar-refractivity contribution in [3.63, 3.8) is 0 Å². The van der Waals surface area contributed by atoms with Gasteiger partial charge in [0.1, 0.15) is 12.3 Å². The van der Waals surface area contributed by atoms with E-state index in [2.05, 4.69) is 11.4 Å². The molecule has 0 radical (unpaired) electrons. The van der Waals surface area contributed by atoms with E-state index in [1.807, 2.05) is 6.92 Å². The first-order valence-electron chi connectivity index (χ1n) is 8.67. The molecule has 7 heteroatoms. The topological polar surface area (TPSA) is 75.7 Å². The largest absolute Gasteiger partial charge is 0.373 e. The molecule has 1 aliphatic rings. The third-order valence-electron chi connectivity index (χ3n) is 4.53. The maximum absolute atomic E-state index is 12.1. The second-order valence-corrected chi connectivity index (χ2v) is 7.53. The first kappa shape index (κ1) is 19.6. The van der Waals surface area contributed by atoms with Crippen molar-refractivity contribution in [1.29, 1.82) is 0 Å². The Kier molecular flexibility index (Phi) is 7.58. The van der Waals surface area contributed by atoms with Gasteiger partial charge in [0.25, 0.3) is 0 Å². The van der Waals surface area contributed by atoms with Gasteiger partial charge in [-0.05, 0) is 44.2 Å². The zero-order valence-electron chi connectivity index (χ0n) is 14.8. The molecule has 0 bridgehead atoms. The van der Waals surface area contributed by atoms with Crippen molar-refractivity contribution in [2.75, 3.05) is 13.7 Å². The molecular formula is C18H26N2O4S. The van der Waals surface area contributed by atoms with Gasteiger partial charge in [-0.3, -0.25) is 9.59 Å². The quantitative estimate of drug-likeness (QED) is 0.681.